The van der Waals surface area contributed by atoms with Gasteiger partial charge in [0.25, 0.3) is 0 Å². The van der Waals surface area contributed by atoms with Gasteiger partial charge in [0.2, 0.25) is 0 Å². The second kappa shape index (κ2) is 5.57. The van der Waals surface area contributed by atoms with Gasteiger partial charge < -0.3 is 4.98 Å². The van der Waals surface area contributed by atoms with Crippen molar-refractivity contribution in [3.8, 4) is 11.3 Å². The predicted octanol–water partition coefficient (Wildman–Crippen LogP) is 3.15. The van der Waals surface area contributed by atoms with E-state index in [9.17, 15) is 0 Å². The van der Waals surface area contributed by atoms with Gasteiger partial charge in [-0.1, -0.05) is 38.3 Å². The molecule has 1 nitrogen and oxygen atoms in total. The number of pyridine rings is 1. The van der Waals surface area contributed by atoms with E-state index in [0.29, 0.717) is 0 Å². The Balaban J connectivity index is 0.000000980. The molecule has 14 heavy (non-hydrogen) atoms. The summed E-state index contributed by atoms with van der Waals surface area (Å²) in [6.45, 7) is 0. The first-order chi connectivity index (χ1) is 6.36. The molecule has 1 radical (unpaired) electrons. The van der Waals surface area contributed by atoms with Crippen molar-refractivity contribution in [2.75, 3.05) is 0 Å². The summed E-state index contributed by atoms with van der Waals surface area (Å²) in [5.74, 6) is 0. The van der Waals surface area contributed by atoms with Crippen LogP contribution in [0.2, 0.25) is 0 Å². The van der Waals surface area contributed by atoms with E-state index in [1.54, 1.807) is 6.20 Å². The summed E-state index contributed by atoms with van der Waals surface area (Å²) in [6.07, 6.45) is 1.79. The van der Waals surface area contributed by atoms with Crippen LogP contribution in [0.5, 0.6) is 0 Å². The predicted molar refractivity (Wildman–Crippen MR) is 61.2 cm³/mol. The summed E-state index contributed by atoms with van der Waals surface area (Å²) in [6, 6.07) is 15.1. The fourth-order valence-corrected chi connectivity index (χ4v) is 1.60. The molecule has 0 spiro atoms. The largest absolute Gasteiger partial charge is 0.305 e. The zero-order valence-electron chi connectivity index (χ0n) is 7.20. The normalized spacial score (nSPS) is 9.21. The van der Waals surface area contributed by atoms with E-state index >= 15 is 0 Å². The van der Waals surface area contributed by atoms with E-state index in [2.05, 4.69) is 39.7 Å². The summed E-state index contributed by atoms with van der Waals surface area (Å²) in [7, 11) is 0. The molecule has 73 valence electrons. The molecule has 3 heteroatoms. The molecule has 0 saturated heterocycles. The summed E-state index contributed by atoms with van der Waals surface area (Å²) in [5.41, 5.74) is 2.02. The molecule has 1 aromatic heterocycles. The van der Waals surface area contributed by atoms with Crippen LogP contribution in [0.1, 0.15) is 0 Å². The van der Waals surface area contributed by atoms with Gasteiger partial charge in [0.1, 0.15) is 0 Å². The maximum atomic E-state index is 4.26. The first-order valence-electron chi connectivity index (χ1n) is 3.95. The van der Waals surface area contributed by atoms with E-state index < -0.39 is 0 Å². The van der Waals surface area contributed by atoms with Crippen molar-refractivity contribution in [3.05, 3.63) is 52.2 Å². The fourth-order valence-electron chi connectivity index (χ4n) is 1.11. The first-order valence-corrected chi connectivity index (χ1v) is 5.03. The third kappa shape index (κ3) is 2.86. The number of hydrogen-bond donors (Lipinski definition) is 0. The number of hydrogen-bond acceptors (Lipinski definition) is 1. The van der Waals surface area contributed by atoms with E-state index in [1.807, 2.05) is 30.3 Å². The topological polar surface area (TPSA) is 12.9 Å². The first kappa shape index (κ1) is 11.8. The molecule has 0 fully saturated rings. The van der Waals surface area contributed by atoms with Gasteiger partial charge in [-0.25, -0.2) is 0 Å². The average molecular weight is 383 g/mol. The van der Waals surface area contributed by atoms with Gasteiger partial charge >= 0.3 is 0 Å². The van der Waals surface area contributed by atoms with Crippen molar-refractivity contribution in [2.45, 2.75) is 0 Å². The van der Waals surface area contributed by atoms with Crippen LogP contribution in [0.3, 0.4) is 0 Å². The molecule has 0 amide bonds. The van der Waals surface area contributed by atoms with Crippen LogP contribution in [-0.2, 0) is 19.5 Å². The van der Waals surface area contributed by atoms with Gasteiger partial charge in [0.05, 0.1) is 0 Å². The molecule has 0 atom stereocenters. The van der Waals surface area contributed by atoms with E-state index in [1.165, 1.54) is 3.57 Å². The Morgan fingerprint density at radius 2 is 2.07 bits per heavy atom. The van der Waals surface area contributed by atoms with Gasteiger partial charge in [-0.2, -0.15) is 0 Å². The number of rotatable bonds is 1. The number of nitrogens with zero attached hydrogens (tertiary/aromatic N) is 1. The van der Waals surface area contributed by atoms with Crippen molar-refractivity contribution in [1.29, 1.82) is 0 Å². The van der Waals surface area contributed by atoms with Gasteiger partial charge in [0, 0.05) is 25.7 Å². The minimum absolute atomic E-state index is 0. The Labute approximate surface area is 110 Å². The number of aromatic nitrogens is 1. The summed E-state index contributed by atoms with van der Waals surface area (Å²) in [5, 5.41) is 0. The summed E-state index contributed by atoms with van der Waals surface area (Å²) in [4.78, 5) is 4.26. The van der Waals surface area contributed by atoms with Crippen LogP contribution in [0.25, 0.3) is 11.3 Å². The molecule has 0 aliphatic heterocycles. The molecule has 2 aromatic rings. The van der Waals surface area contributed by atoms with Crippen LogP contribution in [0.15, 0.2) is 42.6 Å². The van der Waals surface area contributed by atoms with E-state index in [-0.39, 0.29) is 19.5 Å². The smallest absolute Gasteiger partial charge is 0.0160 e. The van der Waals surface area contributed by atoms with Crippen LogP contribution in [-0.4, -0.2) is 4.98 Å². The molecule has 1 aromatic carbocycles. The third-order valence-corrected chi connectivity index (χ3v) is 2.38. The fraction of sp³-hybridized carbons (Fsp3) is 0. The SMILES string of the molecule is Ic1cc[c-]c(-c2ccccn2)c1.[Rh]. The molecule has 0 N–H and O–H groups in total. The zero-order chi connectivity index (χ0) is 9.10. The molecule has 0 bridgehead atoms. The molecule has 0 aliphatic carbocycles. The van der Waals surface area contributed by atoms with Crippen LogP contribution >= 0.6 is 22.6 Å². The molecule has 0 aliphatic rings. The standard InChI is InChI=1S/C11H7IN.Rh/c12-10-5-3-4-9(8-10)11-6-1-2-7-13-11;/h1-3,5-8H;/q-1;. The quantitative estimate of drug-likeness (QED) is 0.419. The number of halogens is 1. The number of benzene rings is 1. The molecule has 0 unspecified atom stereocenters. The molecule has 0 saturated carbocycles. The summed E-state index contributed by atoms with van der Waals surface area (Å²) < 4.78 is 1.21. The van der Waals surface area contributed by atoms with Crippen molar-refractivity contribution >= 4 is 22.6 Å². The van der Waals surface area contributed by atoms with Crippen LogP contribution in [0.4, 0.5) is 0 Å². The van der Waals surface area contributed by atoms with Crippen molar-refractivity contribution in [3.63, 3.8) is 0 Å². The van der Waals surface area contributed by atoms with Gasteiger partial charge in [-0.3, -0.25) is 0 Å². The molecular formula is C11H7INRh-. The van der Waals surface area contributed by atoms with E-state index in [4.69, 9.17) is 0 Å². The van der Waals surface area contributed by atoms with Crippen LogP contribution < -0.4 is 0 Å². The van der Waals surface area contributed by atoms with Crippen molar-refractivity contribution in [2.24, 2.45) is 0 Å². The third-order valence-electron chi connectivity index (χ3n) is 1.70. The maximum absolute atomic E-state index is 4.26. The zero-order valence-corrected chi connectivity index (χ0v) is 11.0. The van der Waals surface area contributed by atoms with Crippen molar-refractivity contribution < 1.29 is 19.5 Å². The molecule has 1 heterocycles. The minimum atomic E-state index is 0. The van der Waals surface area contributed by atoms with Gasteiger partial charge in [0.15, 0.2) is 0 Å². The van der Waals surface area contributed by atoms with Crippen LogP contribution in [0, 0.1) is 9.64 Å². The second-order valence-electron chi connectivity index (χ2n) is 2.64. The van der Waals surface area contributed by atoms with Crippen molar-refractivity contribution in [1.82, 2.24) is 4.98 Å². The summed E-state index contributed by atoms with van der Waals surface area (Å²) >= 11 is 2.28. The Morgan fingerprint density at radius 1 is 1.21 bits per heavy atom. The Kier molecular flexibility index (Phi) is 4.69. The molecular weight excluding hydrogens is 376 g/mol. The average Bonchev–Trinajstić information content (AvgIpc) is 2.19. The van der Waals surface area contributed by atoms with Gasteiger partial charge in [-0.15, -0.1) is 29.8 Å². The maximum Gasteiger partial charge on any atom is 0.0160 e. The Morgan fingerprint density at radius 3 is 2.71 bits per heavy atom. The van der Waals surface area contributed by atoms with Gasteiger partial charge in [-0.05, 0) is 11.8 Å². The second-order valence-corrected chi connectivity index (χ2v) is 3.88. The minimum Gasteiger partial charge on any atom is -0.305 e. The van der Waals surface area contributed by atoms with E-state index in [0.717, 1.165) is 11.3 Å². The monoisotopic (exact) mass is 383 g/mol. The Hall–Kier alpha value is -0.277. The Bertz CT molecular complexity index is 403. The molecule has 2 rings (SSSR count).